The zero-order valence-electron chi connectivity index (χ0n) is 9.32. The van der Waals surface area contributed by atoms with Crippen molar-refractivity contribution in [3.05, 3.63) is 35.9 Å². The maximum atomic E-state index is 11.2. The Bertz CT molecular complexity index is 367. The number of amides is 1. The quantitative estimate of drug-likeness (QED) is 0.628. The molecule has 1 aromatic rings. The number of carbonyl (C=O) groups is 2. The van der Waals surface area contributed by atoms with Crippen LogP contribution >= 0.6 is 11.6 Å². The molecule has 0 fully saturated rings. The molecule has 0 saturated carbocycles. The minimum atomic E-state index is -0.490. The fourth-order valence-electron chi connectivity index (χ4n) is 1.20. The van der Waals surface area contributed by atoms with E-state index in [-0.39, 0.29) is 13.0 Å². The standard InChI is InChI=1S/C12H14ClNO3/c13-11(15)7-4-8-17-12(16)14-9-10-5-2-1-3-6-10/h1-3,5-6H,4,7-9H2,(H,14,16). The average molecular weight is 256 g/mol. The summed E-state index contributed by atoms with van der Waals surface area (Å²) in [7, 11) is 0. The van der Waals surface area contributed by atoms with Gasteiger partial charge in [0.1, 0.15) is 0 Å². The Morgan fingerprint density at radius 2 is 1.94 bits per heavy atom. The van der Waals surface area contributed by atoms with Gasteiger partial charge in [0.15, 0.2) is 0 Å². The molecule has 5 heteroatoms. The van der Waals surface area contributed by atoms with Crippen molar-refractivity contribution in [1.29, 1.82) is 0 Å². The molecule has 1 amide bonds. The molecular weight excluding hydrogens is 242 g/mol. The molecule has 0 atom stereocenters. The minimum absolute atomic E-state index is 0.194. The second-order valence-corrected chi connectivity index (χ2v) is 3.86. The highest BCUT2D eigenvalue weighted by molar-refractivity contribution is 6.63. The molecule has 1 N–H and O–H groups in total. The summed E-state index contributed by atoms with van der Waals surface area (Å²) >= 11 is 5.14. The van der Waals surface area contributed by atoms with Gasteiger partial charge in [0, 0.05) is 13.0 Å². The van der Waals surface area contributed by atoms with Crippen LogP contribution in [0.25, 0.3) is 0 Å². The zero-order valence-corrected chi connectivity index (χ0v) is 10.1. The number of alkyl carbamates (subject to hydrolysis) is 1. The average Bonchev–Trinajstić information content (AvgIpc) is 2.33. The number of rotatable bonds is 6. The Labute approximate surface area is 105 Å². The first-order valence-corrected chi connectivity index (χ1v) is 5.69. The highest BCUT2D eigenvalue weighted by Gasteiger charge is 2.02. The number of ether oxygens (including phenoxy) is 1. The van der Waals surface area contributed by atoms with Crippen molar-refractivity contribution in [2.75, 3.05) is 6.61 Å². The molecule has 0 saturated heterocycles. The first-order chi connectivity index (χ1) is 8.18. The van der Waals surface area contributed by atoms with E-state index in [0.29, 0.717) is 13.0 Å². The molecular formula is C12H14ClNO3. The van der Waals surface area contributed by atoms with Crippen molar-refractivity contribution in [2.45, 2.75) is 19.4 Å². The second kappa shape index (κ2) is 7.68. The van der Waals surface area contributed by atoms with Crippen LogP contribution in [-0.4, -0.2) is 17.9 Å². The number of benzene rings is 1. The number of halogens is 1. The lowest BCUT2D eigenvalue weighted by Gasteiger charge is -2.06. The fourth-order valence-corrected chi connectivity index (χ4v) is 1.33. The van der Waals surface area contributed by atoms with Crippen molar-refractivity contribution in [1.82, 2.24) is 5.32 Å². The van der Waals surface area contributed by atoms with Gasteiger partial charge in [0.2, 0.25) is 5.24 Å². The van der Waals surface area contributed by atoms with Gasteiger partial charge in [0.05, 0.1) is 6.61 Å². The molecule has 0 aromatic heterocycles. The van der Waals surface area contributed by atoms with E-state index in [9.17, 15) is 9.59 Å². The third kappa shape index (κ3) is 6.58. The largest absolute Gasteiger partial charge is 0.450 e. The summed E-state index contributed by atoms with van der Waals surface area (Å²) in [5.41, 5.74) is 1.00. The predicted molar refractivity (Wildman–Crippen MR) is 64.7 cm³/mol. The zero-order chi connectivity index (χ0) is 12.5. The third-order valence-corrected chi connectivity index (χ3v) is 2.22. The second-order valence-electron chi connectivity index (χ2n) is 3.43. The molecule has 4 nitrogen and oxygen atoms in total. The predicted octanol–water partition coefficient (Wildman–Crippen LogP) is 2.46. The maximum Gasteiger partial charge on any atom is 0.407 e. The SMILES string of the molecule is O=C(Cl)CCCOC(=O)NCc1ccccc1. The van der Waals surface area contributed by atoms with Gasteiger partial charge < -0.3 is 10.1 Å². The van der Waals surface area contributed by atoms with Gasteiger partial charge in [-0.1, -0.05) is 30.3 Å². The van der Waals surface area contributed by atoms with Crippen LogP contribution < -0.4 is 5.32 Å². The van der Waals surface area contributed by atoms with Gasteiger partial charge in [-0.05, 0) is 23.6 Å². The Balaban J connectivity index is 2.11. The lowest BCUT2D eigenvalue weighted by Crippen LogP contribution is -2.24. The first-order valence-electron chi connectivity index (χ1n) is 5.31. The molecule has 0 aliphatic rings. The van der Waals surface area contributed by atoms with Gasteiger partial charge in [-0.3, -0.25) is 4.79 Å². The number of hydrogen-bond donors (Lipinski definition) is 1. The molecule has 0 unspecified atom stereocenters. The Hall–Kier alpha value is -1.55. The van der Waals surface area contributed by atoms with Crippen LogP contribution in [0.3, 0.4) is 0 Å². The Morgan fingerprint density at radius 1 is 1.24 bits per heavy atom. The van der Waals surface area contributed by atoms with Gasteiger partial charge in [-0.25, -0.2) is 4.79 Å². The van der Waals surface area contributed by atoms with Crippen LogP contribution in [0.5, 0.6) is 0 Å². The minimum Gasteiger partial charge on any atom is -0.450 e. The van der Waals surface area contributed by atoms with Crippen LogP contribution in [0.15, 0.2) is 30.3 Å². The molecule has 0 aliphatic heterocycles. The van der Waals surface area contributed by atoms with Crippen molar-refractivity contribution in [3.63, 3.8) is 0 Å². The molecule has 17 heavy (non-hydrogen) atoms. The monoisotopic (exact) mass is 255 g/mol. The van der Waals surface area contributed by atoms with Crippen LogP contribution in [0.2, 0.25) is 0 Å². The van der Waals surface area contributed by atoms with Crippen molar-refractivity contribution >= 4 is 22.9 Å². The lowest BCUT2D eigenvalue weighted by atomic mass is 10.2. The molecule has 0 heterocycles. The highest BCUT2D eigenvalue weighted by Crippen LogP contribution is 1.98. The Morgan fingerprint density at radius 3 is 2.59 bits per heavy atom. The van der Waals surface area contributed by atoms with Crippen molar-refractivity contribution in [3.8, 4) is 0 Å². The fraction of sp³-hybridized carbons (Fsp3) is 0.333. The summed E-state index contributed by atoms with van der Waals surface area (Å²) in [6, 6.07) is 9.52. The van der Waals surface area contributed by atoms with E-state index in [1.807, 2.05) is 30.3 Å². The summed E-state index contributed by atoms with van der Waals surface area (Å²) in [5, 5.41) is 2.19. The van der Waals surface area contributed by atoms with E-state index in [1.54, 1.807) is 0 Å². The summed E-state index contributed by atoms with van der Waals surface area (Å²) < 4.78 is 4.85. The number of nitrogens with one attached hydrogen (secondary N) is 1. The maximum absolute atomic E-state index is 11.2. The van der Waals surface area contributed by atoms with Gasteiger partial charge in [-0.2, -0.15) is 0 Å². The molecule has 0 bridgehead atoms. The molecule has 0 aliphatic carbocycles. The van der Waals surface area contributed by atoms with E-state index in [0.717, 1.165) is 5.56 Å². The number of hydrogen-bond acceptors (Lipinski definition) is 3. The van der Waals surface area contributed by atoms with E-state index < -0.39 is 11.3 Å². The summed E-state index contributed by atoms with van der Waals surface area (Å²) in [6.45, 7) is 0.618. The van der Waals surface area contributed by atoms with Crippen LogP contribution in [0.4, 0.5) is 4.79 Å². The van der Waals surface area contributed by atoms with E-state index in [4.69, 9.17) is 16.3 Å². The molecule has 0 spiro atoms. The van der Waals surface area contributed by atoms with Crippen LogP contribution in [-0.2, 0) is 16.1 Å². The van der Waals surface area contributed by atoms with E-state index in [1.165, 1.54) is 0 Å². The van der Waals surface area contributed by atoms with Gasteiger partial charge in [0.25, 0.3) is 0 Å². The summed E-state index contributed by atoms with van der Waals surface area (Å²) in [6.07, 6.45) is 0.171. The lowest BCUT2D eigenvalue weighted by molar-refractivity contribution is -0.111. The molecule has 1 aromatic carbocycles. The van der Waals surface area contributed by atoms with Gasteiger partial charge >= 0.3 is 6.09 Å². The van der Waals surface area contributed by atoms with Crippen LogP contribution in [0, 0.1) is 0 Å². The number of carbonyl (C=O) groups excluding carboxylic acids is 2. The van der Waals surface area contributed by atoms with Crippen molar-refractivity contribution < 1.29 is 14.3 Å². The van der Waals surface area contributed by atoms with E-state index >= 15 is 0 Å². The summed E-state index contributed by atoms with van der Waals surface area (Å²) in [5.74, 6) is 0. The smallest absolute Gasteiger partial charge is 0.407 e. The first kappa shape index (κ1) is 13.5. The highest BCUT2D eigenvalue weighted by atomic mass is 35.5. The Kier molecular flexibility index (Phi) is 6.10. The van der Waals surface area contributed by atoms with Crippen LogP contribution in [0.1, 0.15) is 18.4 Å². The van der Waals surface area contributed by atoms with E-state index in [2.05, 4.69) is 5.32 Å². The third-order valence-electron chi connectivity index (χ3n) is 2.03. The normalized spacial score (nSPS) is 9.71. The summed E-state index contributed by atoms with van der Waals surface area (Å²) in [4.78, 5) is 21.6. The molecule has 1 rings (SSSR count). The topological polar surface area (TPSA) is 55.4 Å². The van der Waals surface area contributed by atoms with Gasteiger partial charge in [-0.15, -0.1) is 0 Å². The molecule has 0 radical (unpaired) electrons. The van der Waals surface area contributed by atoms with Crippen molar-refractivity contribution in [2.24, 2.45) is 0 Å². The molecule has 92 valence electrons.